The fourth-order valence-electron chi connectivity index (χ4n) is 3.85. The van der Waals surface area contributed by atoms with Crippen LogP contribution in [-0.2, 0) is 9.59 Å². The lowest BCUT2D eigenvalue weighted by Crippen LogP contribution is -2.48. The van der Waals surface area contributed by atoms with Gasteiger partial charge in [0, 0.05) is 21.9 Å². The molecule has 3 aromatic rings. The lowest BCUT2D eigenvalue weighted by molar-refractivity contribution is -0.121. The highest BCUT2D eigenvalue weighted by Crippen LogP contribution is 2.38. The Morgan fingerprint density at radius 3 is 2.61 bits per heavy atom. The van der Waals surface area contributed by atoms with Crippen molar-refractivity contribution in [2.24, 2.45) is 10.7 Å². The van der Waals surface area contributed by atoms with E-state index in [0.717, 1.165) is 11.0 Å². The van der Waals surface area contributed by atoms with Crippen molar-refractivity contribution in [1.82, 2.24) is 5.32 Å². The van der Waals surface area contributed by atoms with Gasteiger partial charge in [-0.15, -0.1) is 0 Å². The summed E-state index contributed by atoms with van der Waals surface area (Å²) in [6.07, 6.45) is -1.36. The van der Waals surface area contributed by atoms with Crippen molar-refractivity contribution in [2.75, 3.05) is 17.2 Å². The molecule has 0 aromatic heterocycles. The Hall–Kier alpha value is -3.11. The lowest BCUT2D eigenvalue weighted by atomic mass is 10.00. The van der Waals surface area contributed by atoms with E-state index in [0.29, 0.717) is 21.9 Å². The number of ketones is 1. The number of Topliss-reactive ketones (excluding diaryl/α,β-unsaturated/α-hetero) is 1. The predicted molar refractivity (Wildman–Crippen MR) is 140 cm³/mol. The fourth-order valence-corrected chi connectivity index (χ4v) is 4.23. The Morgan fingerprint density at radius 1 is 1.19 bits per heavy atom. The molecule has 0 bridgehead atoms. The Balaban J connectivity index is 1.94. The van der Waals surface area contributed by atoms with Gasteiger partial charge < -0.3 is 5.73 Å². The quantitative estimate of drug-likeness (QED) is 0.401. The van der Waals surface area contributed by atoms with Crippen molar-refractivity contribution in [3.8, 4) is 0 Å². The molecule has 4 rings (SSSR count). The third-order valence-electron chi connectivity index (χ3n) is 5.78. The Bertz CT molecular complexity index is 1350. The number of carbonyl (C=O) groups excluding carboxylic acids is 2. The van der Waals surface area contributed by atoms with Crippen molar-refractivity contribution in [3.63, 3.8) is 0 Å². The minimum Gasteiger partial charge on any atom is -0.321 e. The molecule has 2 unspecified atom stereocenters. The number of hydrogen-bond acceptors (Lipinski definition) is 6. The number of benzodiazepines with no additional fused rings is 1. The molecule has 0 saturated heterocycles. The number of anilines is 2. The van der Waals surface area contributed by atoms with Gasteiger partial charge in [-0.2, -0.15) is 12.6 Å². The molecule has 0 aliphatic carbocycles. The van der Waals surface area contributed by atoms with Crippen LogP contribution < -0.4 is 16.0 Å². The molecule has 1 aliphatic heterocycles. The standard InChI is InChI=1S/C26H23ClF2N4O2S/c1-14-7-9-18(28)24(22(14)29)33-20-10-8-16(27)11-17(20)23(15-5-3-2-4-6-15)32-25(26(33)35)31-12-21(34)19(30)13-36/h2-11,19,25,31,36H,12-13,30H2,1H3. The van der Waals surface area contributed by atoms with Gasteiger partial charge in [0.25, 0.3) is 5.91 Å². The largest absolute Gasteiger partial charge is 0.321 e. The molecule has 0 spiro atoms. The summed E-state index contributed by atoms with van der Waals surface area (Å²) >= 11 is 10.3. The Kier molecular flexibility index (Phi) is 7.85. The summed E-state index contributed by atoms with van der Waals surface area (Å²) in [7, 11) is 0. The highest BCUT2D eigenvalue weighted by molar-refractivity contribution is 7.80. The monoisotopic (exact) mass is 528 g/mol. The van der Waals surface area contributed by atoms with Gasteiger partial charge in [-0.25, -0.2) is 8.78 Å². The number of thiol groups is 1. The average molecular weight is 529 g/mol. The molecule has 3 aromatic carbocycles. The third-order valence-corrected chi connectivity index (χ3v) is 6.41. The van der Waals surface area contributed by atoms with Crippen LogP contribution in [0.25, 0.3) is 0 Å². The molecule has 0 radical (unpaired) electrons. The number of aryl methyl sites for hydroxylation is 1. The van der Waals surface area contributed by atoms with E-state index in [1.54, 1.807) is 30.3 Å². The molecule has 186 valence electrons. The third kappa shape index (κ3) is 5.05. The van der Waals surface area contributed by atoms with Crippen LogP contribution in [0.2, 0.25) is 5.02 Å². The number of benzene rings is 3. The molecule has 3 N–H and O–H groups in total. The molecule has 6 nitrogen and oxygen atoms in total. The molecule has 0 saturated carbocycles. The molecule has 1 heterocycles. The van der Waals surface area contributed by atoms with Crippen LogP contribution in [0.3, 0.4) is 0 Å². The van der Waals surface area contributed by atoms with E-state index in [2.05, 4.69) is 22.9 Å². The second kappa shape index (κ2) is 10.9. The zero-order valence-electron chi connectivity index (χ0n) is 19.2. The Labute approximate surface area is 217 Å². The number of aliphatic imine (C=N–C) groups is 1. The van der Waals surface area contributed by atoms with Gasteiger partial charge in [-0.05, 0) is 36.8 Å². The number of halogens is 3. The number of nitrogens with one attached hydrogen (secondary N) is 1. The molecular formula is C26H23ClF2N4O2S. The summed E-state index contributed by atoms with van der Waals surface area (Å²) in [6, 6.07) is 15.1. The van der Waals surface area contributed by atoms with Gasteiger partial charge in [0.1, 0.15) is 11.5 Å². The van der Waals surface area contributed by atoms with Crippen LogP contribution in [0.15, 0.2) is 65.7 Å². The van der Waals surface area contributed by atoms with Gasteiger partial charge in [-0.1, -0.05) is 48.0 Å². The minimum atomic E-state index is -1.36. The van der Waals surface area contributed by atoms with Gasteiger partial charge in [-0.3, -0.25) is 24.8 Å². The molecule has 2 atom stereocenters. The van der Waals surface area contributed by atoms with Crippen LogP contribution in [0.4, 0.5) is 20.2 Å². The maximum atomic E-state index is 15.3. The Morgan fingerprint density at radius 2 is 1.92 bits per heavy atom. The van der Waals surface area contributed by atoms with Crippen LogP contribution in [0.5, 0.6) is 0 Å². The van der Waals surface area contributed by atoms with Crippen molar-refractivity contribution in [2.45, 2.75) is 19.1 Å². The molecular weight excluding hydrogens is 506 g/mol. The zero-order chi connectivity index (χ0) is 26.0. The van der Waals surface area contributed by atoms with E-state index in [9.17, 15) is 9.59 Å². The van der Waals surface area contributed by atoms with E-state index < -0.39 is 41.2 Å². The summed E-state index contributed by atoms with van der Waals surface area (Å²) in [6.45, 7) is 1.18. The van der Waals surface area contributed by atoms with Crippen molar-refractivity contribution < 1.29 is 18.4 Å². The van der Waals surface area contributed by atoms with Crippen molar-refractivity contribution in [1.29, 1.82) is 0 Å². The number of amides is 1. The predicted octanol–water partition coefficient (Wildman–Crippen LogP) is 4.18. The zero-order valence-corrected chi connectivity index (χ0v) is 20.9. The smallest absolute Gasteiger partial charge is 0.271 e. The van der Waals surface area contributed by atoms with Crippen molar-refractivity contribution >= 4 is 53.0 Å². The average Bonchev–Trinajstić information content (AvgIpc) is 2.99. The normalized spacial score (nSPS) is 16.3. The summed E-state index contributed by atoms with van der Waals surface area (Å²) < 4.78 is 30.5. The van der Waals surface area contributed by atoms with E-state index in [-0.39, 0.29) is 23.5 Å². The molecule has 36 heavy (non-hydrogen) atoms. The summed E-state index contributed by atoms with van der Waals surface area (Å²) in [5.41, 5.74) is 6.97. The first kappa shape index (κ1) is 26.0. The van der Waals surface area contributed by atoms with Crippen LogP contribution in [0.1, 0.15) is 16.7 Å². The molecule has 1 amide bonds. The highest BCUT2D eigenvalue weighted by Gasteiger charge is 2.36. The topological polar surface area (TPSA) is 87.8 Å². The van der Waals surface area contributed by atoms with Gasteiger partial charge in [0.05, 0.1) is 24.0 Å². The lowest BCUT2D eigenvalue weighted by Gasteiger charge is -2.27. The van der Waals surface area contributed by atoms with Gasteiger partial charge in [0.2, 0.25) is 0 Å². The number of nitrogens with two attached hydrogens (primary N) is 1. The van der Waals surface area contributed by atoms with Gasteiger partial charge in [0.15, 0.2) is 17.8 Å². The second-order valence-electron chi connectivity index (χ2n) is 8.24. The molecule has 0 fully saturated rings. The number of carbonyl (C=O) groups is 2. The molecule has 1 aliphatic rings. The number of nitrogens with zero attached hydrogens (tertiary/aromatic N) is 2. The number of fused-ring (bicyclic) bond motifs is 1. The van der Waals surface area contributed by atoms with E-state index in [4.69, 9.17) is 17.3 Å². The van der Waals surface area contributed by atoms with E-state index >= 15 is 8.78 Å². The second-order valence-corrected chi connectivity index (χ2v) is 9.05. The van der Waals surface area contributed by atoms with Crippen LogP contribution in [-0.4, -0.2) is 41.9 Å². The van der Waals surface area contributed by atoms with E-state index in [1.807, 2.05) is 6.07 Å². The summed E-state index contributed by atoms with van der Waals surface area (Å²) in [5.74, 6) is -2.87. The molecule has 10 heteroatoms. The highest BCUT2D eigenvalue weighted by atomic mass is 35.5. The first-order valence-corrected chi connectivity index (χ1v) is 12.1. The summed E-state index contributed by atoms with van der Waals surface area (Å²) in [5, 5.41) is 3.15. The maximum absolute atomic E-state index is 15.3. The maximum Gasteiger partial charge on any atom is 0.271 e. The van der Waals surface area contributed by atoms with Crippen LogP contribution >= 0.6 is 24.2 Å². The summed E-state index contributed by atoms with van der Waals surface area (Å²) in [4.78, 5) is 31.8. The minimum absolute atomic E-state index is 0.118. The van der Waals surface area contributed by atoms with Gasteiger partial charge >= 0.3 is 0 Å². The fraction of sp³-hybridized carbons (Fsp3) is 0.192. The van der Waals surface area contributed by atoms with E-state index in [1.165, 1.54) is 25.1 Å². The number of rotatable bonds is 7. The first-order chi connectivity index (χ1) is 17.2. The number of hydrogen-bond donors (Lipinski definition) is 3. The first-order valence-electron chi connectivity index (χ1n) is 11.1. The van der Waals surface area contributed by atoms with Crippen LogP contribution in [0, 0.1) is 18.6 Å². The van der Waals surface area contributed by atoms with Crippen molar-refractivity contribution in [3.05, 3.63) is 94.0 Å². The SMILES string of the molecule is Cc1ccc(F)c(N2C(=O)C(NCC(=O)C(N)CS)N=C(c3ccccc3)c3cc(Cl)ccc32)c1F.